The fourth-order valence-corrected chi connectivity index (χ4v) is 2.07. The summed E-state index contributed by atoms with van der Waals surface area (Å²) in [6, 6.07) is 7.83. The van der Waals surface area contributed by atoms with E-state index in [2.05, 4.69) is 21.2 Å². The van der Waals surface area contributed by atoms with Crippen LogP contribution in [0.3, 0.4) is 0 Å². The van der Waals surface area contributed by atoms with Crippen LogP contribution in [-0.2, 0) is 6.54 Å². The third kappa shape index (κ3) is 3.33. The van der Waals surface area contributed by atoms with Gasteiger partial charge in [0, 0.05) is 16.6 Å². The van der Waals surface area contributed by atoms with Crippen LogP contribution in [0.4, 0.5) is 14.5 Å². The molecule has 0 aliphatic heterocycles. The normalized spacial score (nSPS) is 10.3. The minimum absolute atomic E-state index is 0.0178. The Morgan fingerprint density at radius 2 is 1.85 bits per heavy atom. The van der Waals surface area contributed by atoms with E-state index in [1.54, 1.807) is 12.1 Å². The largest absolute Gasteiger partial charge is 0.478 e. The molecule has 2 N–H and O–H groups in total. The smallest absolute Gasteiger partial charge is 0.335 e. The number of carbonyl (C=O) groups is 1. The Morgan fingerprint density at radius 3 is 2.55 bits per heavy atom. The number of rotatable bonds is 4. The van der Waals surface area contributed by atoms with Gasteiger partial charge in [0.15, 0.2) is 0 Å². The van der Waals surface area contributed by atoms with Crippen molar-refractivity contribution in [2.45, 2.75) is 6.54 Å². The molecule has 3 nitrogen and oxygen atoms in total. The molecule has 0 saturated carbocycles. The van der Waals surface area contributed by atoms with Gasteiger partial charge in [-0.15, -0.1) is 0 Å². The molecule has 2 aromatic carbocycles. The lowest BCUT2D eigenvalue weighted by Crippen LogP contribution is -2.05. The number of hydrogen-bond donors (Lipinski definition) is 2. The van der Waals surface area contributed by atoms with Crippen molar-refractivity contribution < 1.29 is 18.7 Å². The summed E-state index contributed by atoms with van der Waals surface area (Å²) in [5.74, 6) is -2.16. The summed E-state index contributed by atoms with van der Waals surface area (Å²) in [5.41, 5.74) is 0.326. The second-order valence-corrected chi connectivity index (χ2v) is 5.00. The van der Waals surface area contributed by atoms with Crippen LogP contribution in [-0.4, -0.2) is 11.1 Å². The minimum atomic E-state index is -1.15. The van der Waals surface area contributed by atoms with Crippen molar-refractivity contribution in [2.75, 3.05) is 5.32 Å². The number of anilines is 1. The Morgan fingerprint density at radius 1 is 1.15 bits per heavy atom. The lowest BCUT2D eigenvalue weighted by Gasteiger charge is -2.09. The van der Waals surface area contributed by atoms with Crippen LogP contribution in [0.2, 0.25) is 0 Å². The molecule has 0 aromatic heterocycles. The van der Waals surface area contributed by atoms with E-state index < -0.39 is 17.6 Å². The summed E-state index contributed by atoms with van der Waals surface area (Å²) in [6.07, 6.45) is 0. The van der Waals surface area contributed by atoms with Gasteiger partial charge in [-0.05, 0) is 36.4 Å². The van der Waals surface area contributed by atoms with E-state index in [0.29, 0.717) is 10.0 Å². The van der Waals surface area contributed by atoms with Crippen LogP contribution in [0.25, 0.3) is 0 Å². The molecular weight excluding hydrogens is 332 g/mol. The average molecular weight is 342 g/mol. The monoisotopic (exact) mass is 341 g/mol. The highest BCUT2D eigenvalue weighted by Crippen LogP contribution is 2.20. The third-order valence-corrected chi connectivity index (χ3v) is 3.18. The molecular formula is C14H10BrF2NO2. The molecule has 0 radical (unpaired) electrons. The van der Waals surface area contributed by atoms with Crippen LogP contribution in [0, 0.1) is 11.6 Å². The van der Waals surface area contributed by atoms with Crippen molar-refractivity contribution in [1.29, 1.82) is 0 Å². The van der Waals surface area contributed by atoms with Gasteiger partial charge in [0.2, 0.25) is 0 Å². The molecule has 0 aliphatic carbocycles. The quantitative estimate of drug-likeness (QED) is 0.882. The topological polar surface area (TPSA) is 49.3 Å². The maximum absolute atomic E-state index is 13.6. The minimum Gasteiger partial charge on any atom is -0.478 e. The van der Waals surface area contributed by atoms with E-state index in [4.69, 9.17) is 5.11 Å². The Labute approximate surface area is 122 Å². The van der Waals surface area contributed by atoms with Crippen LogP contribution >= 0.6 is 15.9 Å². The zero-order valence-electron chi connectivity index (χ0n) is 10.2. The Balaban J connectivity index is 2.20. The average Bonchev–Trinajstić information content (AvgIpc) is 2.41. The van der Waals surface area contributed by atoms with Gasteiger partial charge in [0.05, 0.1) is 11.3 Å². The van der Waals surface area contributed by atoms with Gasteiger partial charge in [-0.1, -0.05) is 15.9 Å². The molecule has 20 heavy (non-hydrogen) atoms. The zero-order chi connectivity index (χ0) is 14.7. The molecule has 0 heterocycles. The molecule has 0 bridgehead atoms. The van der Waals surface area contributed by atoms with Crippen molar-refractivity contribution in [3.63, 3.8) is 0 Å². The molecule has 2 rings (SSSR count). The summed E-state index contributed by atoms with van der Waals surface area (Å²) in [6.45, 7) is 0.0469. The fraction of sp³-hybridized carbons (Fsp3) is 0.0714. The summed E-state index contributed by atoms with van der Waals surface area (Å²) in [5, 5.41) is 11.5. The zero-order valence-corrected chi connectivity index (χ0v) is 11.7. The fourth-order valence-electron chi connectivity index (χ4n) is 1.66. The molecule has 0 atom stereocenters. The van der Waals surface area contributed by atoms with E-state index in [-0.39, 0.29) is 17.8 Å². The number of benzene rings is 2. The maximum Gasteiger partial charge on any atom is 0.335 e. The van der Waals surface area contributed by atoms with Gasteiger partial charge in [0.1, 0.15) is 11.6 Å². The maximum atomic E-state index is 13.6. The highest BCUT2D eigenvalue weighted by atomic mass is 79.9. The highest BCUT2D eigenvalue weighted by molar-refractivity contribution is 9.10. The standard InChI is InChI=1S/C14H10BrF2NO2/c15-10-2-4-11(16)9(5-10)7-18-13-6-8(14(19)20)1-3-12(13)17/h1-6,18H,7H2,(H,19,20). The van der Waals surface area contributed by atoms with Crippen LogP contribution < -0.4 is 5.32 Å². The molecule has 2 aromatic rings. The Kier molecular flexibility index (Phi) is 4.34. The predicted octanol–water partition coefficient (Wildman–Crippen LogP) is 4.04. The summed E-state index contributed by atoms with van der Waals surface area (Å²) in [4.78, 5) is 10.8. The van der Waals surface area contributed by atoms with Gasteiger partial charge in [0.25, 0.3) is 0 Å². The number of carboxylic acid groups (broad SMARTS) is 1. The number of halogens is 3. The molecule has 0 aliphatic rings. The van der Waals surface area contributed by atoms with E-state index in [1.165, 1.54) is 18.2 Å². The van der Waals surface area contributed by atoms with Crippen molar-refractivity contribution in [1.82, 2.24) is 0 Å². The second kappa shape index (κ2) is 6.00. The van der Waals surface area contributed by atoms with Crippen LogP contribution in [0.5, 0.6) is 0 Å². The van der Waals surface area contributed by atoms with Gasteiger partial charge in [-0.25, -0.2) is 13.6 Å². The van der Waals surface area contributed by atoms with E-state index in [0.717, 1.165) is 6.07 Å². The third-order valence-electron chi connectivity index (χ3n) is 2.69. The first-order valence-electron chi connectivity index (χ1n) is 5.68. The molecule has 0 amide bonds. The van der Waals surface area contributed by atoms with Crippen LogP contribution in [0.1, 0.15) is 15.9 Å². The number of carboxylic acids is 1. The first-order valence-corrected chi connectivity index (χ1v) is 6.47. The van der Waals surface area contributed by atoms with Crippen LogP contribution in [0.15, 0.2) is 40.9 Å². The summed E-state index contributed by atoms with van der Waals surface area (Å²) >= 11 is 3.22. The van der Waals surface area contributed by atoms with E-state index in [9.17, 15) is 13.6 Å². The lowest BCUT2D eigenvalue weighted by atomic mass is 10.1. The van der Waals surface area contributed by atoms with Gasteiger partial charge >= 0.3 is 5.97 Å². The number of hydrogen-bond acceptors (Lipinski definition) is 2. The molecule has 0 unspecified atom stereocenters. The SMILES string of the molecule is O=C(O)c1ccc(F)c(NCc2cc(Br)ccc2F)c1. The van der Waals surface area contributed by atoms with Crippen molar-refractivity contribution in [3.8, 4) is 0 Å². The van der Waals surface area contributed by atoms with Crippen molar-refractivity contribution in [2.24, 2.45) is 0 Å². The molecule has 0 spiro atoms. The summed E-state index contributed by atoms with van der Waals surface area (Å²) in [7, 11) is 0. The van der Waals surface area contributed by atoms with Crippen molar-refractivity contribution >= 4 is 27.6 Å². The molecule has 0 fully saturated rings. The summed E-state index contributed by atoms with van der Waals surface area (Å²) < 4.78 is 27.8. The number of aromatic carboxylic acids is 1. The van der Waals surface area contributed by atoms with E-state index in [1.807, 2.05) is 0 Å². The number of nitrogens with one attached hydrogen (secondary N) is 1. The first-order chi connectivity index (χ1) is 9.47. The molecule has 6 heteroatoms. The highest BCUT2D eigenvalue weighted by Gasteiger charge is 2.09. The Hall–Kier alpha value is -1.95. The van der Waals surface area contributed by atoms with Gasteiger partial charge < -0.3 is 10.4 Å². The predicted molar refractivity (Wildman–Crippen MR) is 74.8 cm³/mol. The van der Waals surface area contributed by atoms with Crippen molar-refractivity contribution in [3.05, 3.63) is 63.6 Å². The molecule has 104 valence electrons. The lowest BCUT2D eigenvalue weighted by molar-refractivity contribution is 0.0697. The first kappa shape index (κ1) is 14.5. The Bertz CT molecular complexity index is 662. The molecule has 0 saturated heterocycles. The van der Waals surface area contributed by atoms with Gasteiger partial charge in [-0.3, -0.25) is 0 Å². The van der Waals surface area contributed by atoms with E-state index >= 15 is 0 Å². The van der Waals surface area contributed by atoms with Gasteiger partial charge in [-0.2, -0.15) is 0 Å². The second-order valence-electron chi connectivity index (χ2n) is 4.09.